The molecule has 3 amide bonds. The van der Waals surface area contributed by atoms with Gasteiger partial charge in [0, 0.05) is 68.8 Å². The van der Waals surface area contributed by atoms with Crippen LogP contribution in [0.2, 0.25) is 0 Å². The third-order valence-electron chi connectivity index (χ3n) is 19.0. The first-order chi connectivity index (χ1) is 53.6. The second kappa shape index (κ2) is 37.9. The van der Waals surface area contributed by atoms with Crippen LogP contribution in [0, 0.1) is 0 Å². The van der Waals surface area contributed by atoms with Crippen LogP contribution >= 0.6 is 0 Å². The number of nitrogens with one attached hydrogen (secondary N) is 6. The Labute approximate surface area is 646 Å². The number of carbonyl (C=O) groups excluding carboxylic acids is 3. The Hall–Kier alpha value is -8.07. The molecule has 4 aliphatic heterocycles. The molecule has 0 radical (unpaired) electrons. The van der Waals surface area contributed by atoms with Gasteiger partial charge in [-0.3, -0.25) is 37.6 Å². The molecule has 23 N–H and O–H groups in total. The van der Waals surface area contributed by atoms with E-state index < -0.39 is 257 Å². The molecule has 5 aromatic rings. The Balaban J connectivity index is 0.816. The number of fused-ring (bicyclic) bond motifs is 1. The second-order valence-electron chi connectivity index (χ2n) is 27.2. The fourth-order valence-corrected chi connectivity index (χ4v) is 15.2. The molecular formula is C66H88N8O37S3. The van der Waals surface area contributed by atoms with E-state index in [-0.39, 0.29) is 67.7 Å². The maximum absolute atomic E-state index is 14.2. The first kappa shape index (κ1) is 89.9. The molecule has 45 nitrogen and oxygen atoms in total. The number of hydrogen-bond acceptors (Lipinski definition) is 38. The number of hydrogen-bond donors (Lipinski definition) is 23. The molecule has 5 heterocycles. The summed E-state index contributed by atoms with van der Waals surface area (Å²) in [6.45, 7) is -1.65. The fourth-order valence-electron chi connectivity index (χ4n) is 13.3. The monoisotopic (exact) mass is 1680 g/mol. The SMILES string of the molecule is CC(=O)NC1C(O)CC(OC2C(O)C(CO)OC(OC3C(CO)OC(OCCCCCCCCC(=O)NCCNc4c(Nc5cccc(CNc6cc(S(=O)(=O)O)cc7cc(S(=O)(=O)O)cc(S(=O)(=O)O)c67)c5)c(=O)c4=O)C(NC(=O)c4cc(O)nc(O)n4)C3OC3OC(C)C(O)C(O)C3O)C2O)(C(=O)O)OC1[C@H](O)[C@H](O)CO. The van der Waals surface area contributed by atoms with E-state index in [1.165, 1.54) is 25.1 Å². The molecule has 0 saturated carbocycles. The van der Waals surface area contributed by atoms with Gasteiger partial charge >= 0.3 is 12.0 Å². The summed E-state index contributed by atoms with van der Waals surface area (Å²) in [6, 6.07) is 4.81. The first-order valence-electron chi connectivity index (χ1n) is 35.2. The van der Waals surface area contributed by atoms with Crippen molar-refractivity contribution in [2.24, 2.45) is 0 Å². The van der Waals surface area contributed by atoms with Crippen molar-refractivity contribution in [3.05, 3.63) is 86.3 Å². The molecule has 48 heteroatoms. The van der Waals surface area contributed by atoms with Crippen LogP contribution in [-0.4, -0.2) is 312 Å². The van der Waals surface area contributed by atoms with Crippen LogP contribution in [0.4, 0.5) is 22.7 Å². The number of aliphatic carboxylic acids is 1. The Morgan fingerprint density at radius 2 is 1.30 bits per heavy atom. The largest absolute Gasteiger partial charge is 0.493 e. The Bertz CT molecular complexity index is 4650. The maximum atomic E-state index is 14.2. The molecule has 4 fully saturated rings. The van der Waals surface area contributed by atoms with Gasteiger partial charge in [0.05, 0.1) is 47.9 Å². The van der Waals surface area contributed by atoms with Crippen LogP contribution in [0.3, 0.4) is 0 Å². The number of nitrogens with zero attached hydrogens (tertiary/aromatic N) is 2. The van der Waals surface area contributed by atoms with Crippen molar-refractivity contribution < 1.29 is 167 Å². The third-order valence-corrected chi connectivity index (χ3v) is 21.6. The van der Waals surface area contributed by atoms with E-state index in [9.17, 15) is 139 Å². The van der Waals surface area contributed by atoms with E-state index in [4.69, 9.17) is 37.9 Å². The predicted octanol–water partition coefficient (Wildman–Crippen LogP) is -5.90. The molecule has 21 atom stereocenters. The van der Waals surface area contributed by atoms with E-state index in [2.05, 4.69) is 41.9 Å². The van der Waals surface area contributed by atoms with Gasteiger partial charge in [0.2, 0.25) is 17.7 Å². The molecule has 1 aromatic heterocycles. The van der Waals surface area contributed by atoms with Crippen molar-refractivity contribution in [3.8, 4) is 11.9 Å². The zero-order chi connectivity index (χ0) is 83.8. The maximum Gasteiger partial charge on any atom is 0.364 e. The van der Waals surface area contributed by atoms with E-state index >= 15 is 0 Å². The number of rotatable bonds is 37. The summed E-state index contributed by atoms with van der Waals surface area (Å²) in [7, 11) is -15.4. The normalized spacial score (nSPS) is 28.8. The number of aromatic nitrogens is 2. The van der Waals surface area contributed by atoms with E-state index in [1.54, 1.807) is 6.07 Å². The van der Waals surface area contributed by atoms with Gasteiger partial charge in [-0.2, -0.15) is 35.2 Å². The summed E-state index contributed by atoms with van der Waals surface area (Å²) < 4.78 is 151. The smallest absolute Gasteiger partial charge is 0.364 e. The van der Waals surface area contributed by atoms with Gasteiger partial charge in [-0.15, -0.1) is 0 Å². The summed E-state index contributed by atoms with van der Waals surface area (Å²) in [6.07, 6.45) is -35.0. The van der Waals surface area contributed by atoms with Gasteiger partial charge in [0.25, 0.3) is 52.9 Å². The lowest BCUT2D eigenvalue weighted by Crippen LogP contribution is -2.71. The molecule has 0 spiro atoms. The third kappa shape index (κ3) is 21.4. The van der Waals surface area contributed by atoms with Gasteiger partial charge in [-0.05, 0) is 67.1 Å². The minimum atomic E-state index is -5.26. The van der Waals surface area contributed by atoms with Gasteiger partial charge < -0.3 is 141 Å². The fraction of sp³-hybridized carbons (Fsp3) is 0.576. The lowest BCUT2D eigenvalue weighted by Gasteiger charge is -2.51. The summed E-state index contributed by atoms with van der Waals surface area (Å²) in [5.41, 5.74) is -2.45. The van der Waals surface area contributed by atoms with Crippen LogP contribution in [0.15, 0.2) is 78.9 Å². The molecular weight excluding hydrogens is 1590 g/mol. The quantitative estimate of drug-likeness (QED) is 0.0100. The number of carboxylic acids is 1. The van der Waals surface area contributed by atoms with E-state index in [1.807, 2.05) is 0 Å². The number of carboxylic acid groups (broad SMARTS) is 1. The van der Waals surface area contributed by atoms with Crippen molar-refractivity contribution >= 4 is 87.6 Å². The van der Waals surface area contributed by atoms with Crippen LogP contribution in [-0.2, 0) is 89.2 Å². The van der Waals surface area contributed by atoms with E-state index in [0.717, 1.165) is 19.1 Å². The van der Waals surface area contributed by atoms with Gasteiger partial charge in [0.1, 0.15) is 107 Å². The average Bonchev–Trinajstić information content (AvgIpc) is 0.748. The van der Waals surface area contributed by atoms with Gasteiger partial charge in [-0.25, -0.2) is 4.79 Å². The van der Waals surface area contributed by atoms with Crippen molar-refractivity contribution in [1.29, 1.82) is 0 Å². The topological polar surface area (TPSA) is 721 Å². The van der Waals surface area contributed by atoms with Crippen LogP contribution in [0.25, 0.3) is 10.8 Å². The standard InChI is InChI=1S/C66H88N8O37S3/c1-27-48(83)53(88)54(89)62(105-27)109-58-47(74-60(91)35-21-42(82)73-65(94)72-35)61(107-39(26-77)56(58)108-63-55(90)59(50(85)38(25-76)106-63)111-66(64(92)93)22-36(79)44(70-28(2)78)57(110-66)49(84)37(80)24-75)104-15-8-6-4-3-5-7-12-41(81)67-13-14-68-45-46(52(87)51(45)86)71-31-11-9-10-29(16-31)23-69-34-19-32(112(95,96)97)17-30-18-33(113(98,99)100)20-40(43(30)34)114(101,102)103/h9-11,16-21,27,36-39,44,47-50,53-59,61-63,68-69,71,75-77,79-80,83-85,88-90H,3-8,12-15,22-26H2,1-2H3,(H,67,81)(H,70,78)(H,74,91)(H,92,93)(H,95,96,97)(H,98,99,100)(H,101,102,103)(H2,72,73,82,94)/t27?,36?,37-,38?,39?,44?,47?,48?,49-,50?,53?,54?,55?,56?,57?,58?,59?,61?,62?,63?,66?/m1/s1. The lowest BCUT2D eigenvalue weighted by atomic mass is 9.88. The lowest BCUT2D eigenvalue weighted by molar-refractivity contribution is -0.391. The Morgan fingerprint density at radius 1 is 0.667 bits per heavy atom. The zero-order valence-electron chi connectivity index (χ0n) is 60.2. The minimum absolute atomic E-state index is 0.00162. The summed E-state index contributed by atoms with van der Waals surface area (Å²) in [5, 5.41) is 167. The molecule has 19 unspecified atom stereocenters. The number of aromatic hydroxyl groups is 2. The number of carbonyl (C=O) groups is 4. The van der Waals surface area contributed by atoms with E-state index in [0.29, 0.717) is 55.9 Å². The number of unbranched alkanes of at least 4 members (excludes halogenated alkanes) is 5. The summed E-state index contributed by atoms with van der Waals surface area (Å²) >= 11 is 0. The highest BCUT2D eigenvalue weighted by Gasteiger charge is 2.61. The average molecular weight is 1680 g/mol. The van der Waals surface area contributed by atoms with Crippen LogP contribution in [0.5, 0.6) is 11.9 Å². The highest BCUT2D eigenvalue weighted by atomic mass is 32.2. The van der Waals surface area contributed by atoms with Gasteiger partial charge in [-0.1, -0.05) is 37.8 Å². The highest BCUT2D eigenvalue weighted by molar-refractivity contribution is 7.87. The van der Waals surface area contributed by atoms with Gasteiger partial charge in [0.15, 0.2) is 18.9 Å². The predicted molar refractivity (Wildman–Crippen MR) is 381 cm³/mol. The number of aliphatic hydroxyl groups is 11. The Kier molecular flexibility index (Phi) is 29.9. The molecule has 0 aliphatic carbocycles. The van der Waals surface area contributed by atoms with Crippen molar-refractivity contribution in [2.45, 2.75) is 215 Å². The molecule has 4 saturated heterocycles. The van der Waals surface area contributed by atoms with Crippen molar-refractivity contribution in [1.82, 2.24) is 25.9 Å². The highest BCUT2D eigenvalue weighted by Crippen LogP contribution is 2.41. The minimum Gasteiger partial charge on any atom is -0.493 e. The Morgan fingerprint density at radius 3 is 1.93 bits per heavy atom. The molecule has 632 valence electrons. The van der Waals surface area contributed by atoms with Crippen molar-refractivity contribution in [2.75, 3.05) is 55.5 Å². The number of anilines is 4. The number of amides is 3. The molecule has 9 rings (SSSR count). The van der Waals surface area contributed by atoms with Crippen molar-refractivity contribution in [3.63, 3.8) is 0 Å². The molecule has 4 aliphatic rings. The number of aliphatic hydroxyl groups excluding tert-OH is 11. The summed E-state index contributed by atoms with van der Waals surface area (Å²) in [4.78, 5) is 82.2. The second-order valence-corrected chi connectivity index (χ2v) is 31.4. The number of benzene rings is 3. The molecule has 114 heavy (non-hydrogen) atoms. The van der Waals surface area contributed by atoms with Crippen LogP contribution < -0.4 is 42.8 Å². The summed E-state index contributed by atoms with van der Waals surface area (Å²) in [5.74, 6) is -8.72. The molecule has 4 aromatic carbocycles. The first-order valence-corrected chi connectivity index (χ1v) is 39.5. The zero-order valence-corrected chi connectivity index (χ0v) is 62.7. The molecule has 0 bridgehead atoms. The van der Waals surface area contributed by atoms with Crippen LogP contribution in [0.1, 0.15) is 81.3 Å². The number of ether oxygens (including phenoxy) is 8.